The predicted octanol–water partition coefficient (Wildman–Crippen LogP) is 2.63. The fourth-order valence-electron chi connectivity index (χ4n) is 1.55. The minimum Gasteiger partial charge on any atom is -0.399 e. The highest BCUT2D eigenvalue weighted by Gasteiger charge is 2.20. The van der Waals surface area contributed by atoms with Crippen LogP contribution in [0, 0.1) is 23.3 Å². The van der Waals surface area contributed by atoms with Gasteiger partial charge in [-0.3, -0.25) is 4.72 Å². The van der Waals surface area contributed by atoms with Gasteiger partial charge >= 0.3 is 0 Å². The van der Waals surface area contributed by atoms with Gasteiger partial charge in [0.25, 0.3) is 10.0 Å². The van der Waals surface area contributed by atoms with Crippen molar-refractivity contribution in [3.8, 4) is 0 Å². The third kappa shape index (κ3) is 3.07. The van der Waals surface area contributed by atoms with Gasteiger partial charge in [0.15, 0.2) is 17.5 Å². The molecule has 0 aliphatic rings. The van der Waals surface area contributed by atoms with Crippen LogP contribution in [0.2, 0.25) is 0 Å². The summed E-state index contributed by atoms with van der Waals surface area (Å²) in [5.41, 5.74) is 4.33. The van der Waals surface area contributed by atoms with Crippen molar-refractivity contribution in [3.05, 3.63) is 53.6 Å². The Balaban J connectivity index is 2.45. The molecule has 0 amide bonds. The second-order valence-electron chi connectivity index (χ2n) is 4.05. The van der Waals surface area contributed by atoms with Crippen molar-refractivity contribution in [2.75, 3.05) is 10.5 Å². The van der Waals surface area contributed by atoms with Crippen molar-refractivity contribution in [2.45, 2.75) is 4.90 Å². The summed E-state index contributed by atoms with van der Waals surface area (Å²) in [6.07, 6.45) is 0. The minimum absolute atomic E-state index is 0.166. The molecule has 0 radical (unpaired) electrons. The standard InChI is InChI=1S/C12H8F4N2O2S/c13-6-3-7(17)5-8(4-6)21(19,20)18-10-2-1-9(14)11(15)12(10)16/h1-5,18H,17H2. The molecule has 0 fully saturated rings. The Morgan fingerprint density at radius 3 is 2.24 bits per heavy atom. The average molecular weight is 320 g/mol. The first-order valence-corrected chi connectivity index (χ1v) is 6.91. The number of nitrogens with two attached hydrogens (primary N) is 1. The number of hydrogen-bond donors (Lipinski definition) is 2. The van der Waals surface area contributed by atoms with E-state index in [4.69, 9.17) is 5.73 Å². The van der Waals surface area contributed by atoms with Gasteiger partial charge in [-0.1, -0.05) is 0 Å². The minimum atomic E-state index is -4.41. The largest absolute Gasteiger partial charge is 0.399 e. The lowest BCUT2D eigenvalue weighted by atomic mass is 10.3. The number of benzene rings is 2. The quantitative estimate of drug-likeness (QED) is 0.519. The number of halogens is 4. The maximum absolute atomic E-state index is 13.4. The number of sulfonamides is 1. The van der Waals surface area contributed by atoms with Crippen LogP contribution in [0.15, 0.2) is 35.2 Å². The molecule has 0 aliphatic carbocycles. The number of anilines is 2. The second-order valence-corrected chi connectivity index (χ2v) is 5.73. The maximum Gasteiger partial charge on any atom is 0.262 e. The molecule has 3 N–H and O–H groups in total. The summed E-state index contributed by atoms with van der Waals surface area (Å²) in [5, 5.41) is 0. The molecule has 2 rings (SSSR count). The van der Waals surface area contributed by atoms with Crippen LogP contribution in [-0.2, 0) is 10.0 Å². The molecule has 0 bridgehead atoms. The monoisotopic (exact) mass is 320 g/mol. The van der Waals surface area contributed by atoms with Gasteiger partial charge in [0, 0.05) is 5.69 Å². The van der Waals surface area contributed by atoms with Crippen LogP contribution in [0.1, 0.15) is 0 Å². The highest BCUT2D eigenvalue weighted by atomic mass is 32.2. The van der Waals surface area contributed by atoms with E-state index in [1.165, 1.54) is 0 Å². The molecular weight excluding hydrogens is 312 g/mol. The van der Waals surface area contributed by atoms with Gasteiger partial charge in [-0.25, -0.2) is 26.0 Å². The van der Waals surface area contributed by atoms with Gasteiger partial charge < -0.3 is 5.73 Å². The van der Waals surface area contributed by atoms with E-state index in [2.05, 4.69) is 0 Å². The third-order valence-electron chi connectivity index (χ3n) is 2.48. The lowest BCUT2D eigenvalue weighted by molar-refractivity contribution is 0.449. The Morgan fingerprint density at radius 2 is 1.62 bits per heavy atom. The Hall–Kier alpha value is -2.29. The van der Waals surface area contributed by atoms with E-state index in [9.17, 15) is 26.0 Å². The van der Waals surface area contributed by atoms with Crippen molar-refractivity contribution in [2.24, 2.45) is 0 Å². The van der Waals surface area contributed by atoms with E-state index in [1.807, 2.05) is 0 Å². The summed E-state index contributed by atoms with van der Waals surface area (Å²) in [4.78, 5) is -0.580. The fraction of sp³-hybridized carbons (Fsp3) is 0. The first kappa shape index (κ1) is 15.1. The first-order valence-electron chi connectivity index (χ1n) is 5.43. The molecule has 0 saturated carbocycles. The molecule has 0 spiro atoms. The molecule has 9 heteroatoms. The summed E-state index contributed by atoms with van der Waals surface area (Å²) in [6.45, 7) is 0. The Bertz CT molecular complexity index is 789. The van der Waals surface area contributed by atoms with Gasteiger partial charge in [-0.2, -0.15) is 0 Å². The summed E-state index contributed by atoms with van der Waals surface area (Å²) in [6, 6.07) is 3.72. The van der Waals surface area contributed by atoms with Crippen LogP contribution in [0.5, 0.6) is 0 Å². The molecule has 0 heterocycles. The van der Waals surface area contributed by atoms with Gasteiger partial charge in [0.05, 0.1) is 10.6 Å². The van der Waals surface area contributed by atoms with E-state index >= 15 is 0 Å². The molecule has 0 atom stereocenters. The van der Waals surface area contributed by atoms with Gasteiger partial charge in [-0.05, 0) is 30.3 Å². The number of nitrogens with one attached hydrogen (secondary N) is 1. The van der Waals surface area contributed by atoms with Crippen LogP contribution >= 0.6 is 0 Å². The van der Waals surface area contributed by atoms with Gasteiger partial charge in [0.2, 0.25) is 0 Å². The normalized spacial score (nSPS) is 11.4. The van der Waals surface area contributed by atoms with E-state index in [0.29, 0.717) is 18.2 Å². The Labute approximate surface area is 117 Å². The number of rotatable bonds is 3. The molecule has 0 aromatic heterocycles. The maximum atomic E-state index is 13.4. The highest BCUT2D eigenvalue weighted by Crippen LogP contribution is 2.24. The topological polar surface area (TPSA) is 72.2 Å². The molecule has 4 nitrogen and oxygen atoms in total. The smallest absolute Gasteiger partial charge is 0.262 e. The zero-order valence-electron chi connectivity index (χ0n) is 10.2. The molecule has 21 heavy (non-hydrogen) atoms. The number of hydrogen-bond acceptors (Lipinski definition) is 3. The molecule has 2 aromatic carbocycles. The third-order valence-corrected chi connectivity index (χ3v) is 3.83. The lowest BCUT2D eigenvalue weighted by Crippen LogP contribution is -2.15. The van der Waals surface area contributed by atoms with Crippen molar-refractivity contribution >= 4 is 21.4 Å². The summed E-state index contributed by atoms with van der Waals surface area (Å²) < 4.78 is 77.9. The van der Waals surface area contributed by atoms with Crippen LogP contribution in [0.3, 0.4) is 0 Å². The van der Waals surface area contributed by atoms with Crippen LogP contribution in [0.25, 0.3) is 0 Å². The van der Waals surface area contributed by atoms with Crippen molar-refractivity contribution in [3.63, 3.8) is 0 Å². The van der Waals surface area contributed by atoms with E-state index in [-0.39, 0.29) is 5.69 Å². The summed E-state index contributed by atoms with van der Waals surface area (Å²) >= 11 is 0. The molecule has 2 aromatic rings. The zero-order chi connectivity index (χ0) is 15.8. The zero-order valence-corrected chi connectivity index (χ0v) is 11.0. The molecule has 0 saturated heterocycles. The fourth-order valence-corrected chi connectivity index (χ4v) is 2.67. The second kappa shape index (κ2) is 5.24. The van der Waals surface area contributed by atoms with E-state index in [1.54, 1.807) is 4.72 Å². The predicted molar refractivity (Wildman–Crippen MR) is 67.9 cm³/mol. The molecular formula is C12H8F4N2O2S. The van der Waals surface area contributed by atoms with Crippen molar-refractivity contribution in [1.82, 2.24) is 0 Å². The Kier molecular flexibility index (Phi) is 3.77. The summed E-state index contributed by atoms with van der Waals surface area (Å²) in [5.74, 6) is -5.91. The highest BCUT2D eigenvalue weighted by molar-refractivity contribution is 7.92. The molecule has 0 unspecified atom stereocenters. The van der Waals surface area contributed by atoms with Crippen molar-refractivity contribution < 1.29 is 26.0 Å². The average Bonchev–Trinajstić information content (AvgIpc) is 2.38. The molecule has 112 valence electrons. The van der Waals surface area contributed by atoms with Crippen molar-refractivity contribution in [1.29, 1.82) is 0 Å². The van der Waals surface area contributed by atoms with Gasteiger partial charge in [0.1, 0.15) is 5.82 Å². The van der Waals surface area contributed by atoms with Gasteiger partial charge in [-0.15, -0.1) is 0 Å². The lowest BCUT2D eigenvalue weighted by Gasteiger charge is -2.10. The summed E-state index contributed by atoms with van der Waals surface area (Å²) in [7, 11) is -4.41. The Morgan fingerprint density at radius 1 is 0.952 bits per heavy atom. The first-order chi connectivity index (χ1) is 9.70. The van der Waals surface area contributed by atoms with Crippen LogP contribution < -0.4 is 10.5 Å². The van der Waals surface area contributed by atoms with E-state index in [0.717, 1.165) is 12.1 Å². The van der Waals surface area contributed by atoms with Crippen LogP contribution in [-0.4, -0.2) is 8.42 Å². The van der Waals surface area contributed by atoms with E-state index < -0.39 is 43.9 Å². The molecule has 0 aliphatic heterocycles. The number of nitrogen functional groups attached to an aromatic ring is 1. The SMILES string of the molecule is Nc1cc(F)cc(S(=O)(=O)Nc2ccc(F)c(F)c2F)c1. The van der Waals surface area contributed by atoms with Crippen LogP contribution in [0.4, 0.5) is 28.9 Å².